The van der Waals surface area contributed by atoms with E-state index >= 15 is 0 Å². The van der Waals surface area contributed by atoms with Gasteiger partial charge in [0, 0.05) is 47.8 Å². The van der Waals surface area contributed by atoms with Crippen molar-refractivity contribution >= 4 is 22.5 Å². The highest BCUT2D eigenvalue weighted by Gasteiger charge is 2.26. The Morgan fingerprint density at radius 1 is 1.00 bits per heavy atom. The molecule has 32 heavy (non-hydrogen) atoms. The maximum absolute atomic E-state index is 13.4. The molecule has 1 aliphatic rings. The van der Waals surface area contributed by atoms with Crippen molar-refractivity contribution < 1.29 is 9.18 Å². The Hall–Kier alpha value is -3.60. The van der Waals surface area contributed by atoms with E-state index in [9.17, 15) is 9.18 Å². The molecular formula is C27H26FN3O. The quantitative estimate of drug-likeness (QED) is 0.420. The fraction of sp³-hybridized carbons (Fsp3) is 0.222. The van der Waals surface area contributed by atoms with Crippen molar-refractivity contribution in [2.24, 2.45) is 0 Å². The minimum absolute atomic E-state index is 0.178. The number of hydrogen-bond acceptors (Lipinski definition) is 2. The van der Waals surface area contributed by atoms with Gasteiger partial charge in [-0.05, 0) is 66.4 Å². The minimum atomic E-state index is -0.255. The molecule has 0 bridgehead atoms. The molecule has 1 fully saturated rings. The molecule has 1 amide bonds. The van der Waals surface area contributed by atoms with Crippen LogP contribution in [0.25, 0.3) is 22.2 Å². The fourth-order valence-electron chi connectivity index (χ4n) is 4.59. The van der Waals surface area contributed by atoms with Crippen molar-refractivity contribution in [2.45, 2.75) is 25.3 Å². The number of rotatable bonds is 6. The van der Waals surface area contributed by atoms with Gasteiger partial charge in [-0.1, -0.05) is 36.4 Å². The van der Waals surface area contributed by atoms with Crippen molar-refractivity contribution in [3.05, 3.63) is 90.2 Å². The molecule has 4 aromatic rings. The maximum atomic E-state index is 13.4. The van der Waals surface area contributed by atoms with Crippen LogP contribution in [-0.4, -0.2) is 34.9 Å². The number of benzene rings is 3. The summed E-state index contributed by atoms with van der Waals surface area (Å²) in [5, 5.41) is 4.64. The molecule has 5 heteroatoms. The van der Waals surface area contributed by atoms with E-state index in [1.54, 1.807) is 12.1 Å². The van der Waals surface area contributed by atoms with Gasteiger partial charge in [0.25, 0.3) is 0 Å². The summed E-state index contributed by atoms with van der Waals surface area (Å²) in [5.74, 6) is -0.0769. The zero-order chi connectivity index (χ0) is 21.9. The number of aryl methyl sites for hydroxylation is 1. The van der Waals surface area contributed by atoms with E-state index in [0.29, 0.717) is 12.8 Å². The van der Waals surface area contributed by atoms with Crippen LogP contribution in [0.5, 0.6) is 0 Å². The lowest BCUT2D eigenvalue weighted by atomic mass is 10.0. The molecular weight excluding hydrogens is 401 g/mol. The Bertz CT molecular complexity index is 1220. The van der Waals surface area contributed by atoms with Gasteiger partial charge in [0.1, 0.15) is 5.82 Å². The van der Waals surface area contributed by atoms with Crippen molar-refractivity contribution in [3.8, 4) is 11.3 Å². The number of para-hydroxylation sites is 2. The zero-order valence-corrected chi connectivity index (χ0v) is 17.9. The van der Waals surface area contributed by atoms with E-state index in [1.165, 1.54) is 12.1 Å². The number of nitrogens with one attached hydrogen (secondary N) is 2. The number of aromatic amines is 1. The molecule has 3 aromatic carbocycles. The Balaban J connectivity index is 1.29. The molecule has 2 heterocycles. The van der Waals surface area contributed by atoms with Crippen molar-refractivity contribution in [3.63, 3.8) is 0 Å². The van der Waals surface area contributed by atoms with E-state index in [-0.39, 0.29) is 17.8 Å². The molecule has 5 rings (SSSR count). The van der Waals surface area contributed by atoms with Crippen molar-refractivity contribution in [2.75, 3.05) is 18.4 Å². The largest absolute Gasteiger partial charge is 0.380 e. The summed E-state index contributed by atoms with van der Waals surface area (Å²) in [6.45, 7) is 1.51. The van der Waals surface area contributed by atoms with E-state index in [2.05, 4.69) is 28.5 Å². The summed E-state index contributed by atoms with van der Waals surface area (Å²) in [6, 6.07) is 25.0. The number of anilines is 1. The smallest absolute Gasteiger partial charge is 0.222 e. The number of halogens is 1. The highest BCUT2D eigenvalue weighted by atomic mass is 19.1. The van der Waals surface area contributed by atoms with E-state index in [1.807, 2.05) is 41.3 Å². The van der Waals surface area contributed by atoms with E-state index < -0.39 is 0 Å². The first-order valence-corrected chi connectivity index (χ1v) is 11.1. The second-order valence-corrected chi connectivity index (χ2v) is 8.37. The van der Waals surface area contributed by atoms with Crippen LogP contribution in [0.15, 0.2) is 78.9 Å². The Kier molecular flexibility index (Phi) is 5.63. The third kappa shape index (κ3) is 4.24. The second kappa shape index (κ2) is 8.87. The van der Waals surface area contributed by atoms with Crippen LogP contribution in [0.4, 0.5) is 10.1 Å². The molecule has 0 radical (unpaired) electrons. The van der Waals surface area contributed by atoms with Gasteiger partial charge >= 0.3 is 0 Å². The molecule has 1 saturated heterocycles. The molecule has 1 aromatic heterocycles. The van der Waals surface area contributed by atoms with Crippen LogP contribution in [-0.2, 0) is 11.2 Å². The summed E-state index contributed by atoms with van der Waals surface area (Å²) in [5.41, 5.74) is 5.12. The first kappa shape index (κ1) is 20.3. The van der Waals surface area contributed by atoms with E-state index in [0.717, 1.165) is 52.9 Å². The van der Waals surface area contributed by atoms with E-state index in [4.69, 9.17) is 0 Å². The predicted octanol–water partition coefficient (Wildman–Crippen LogP) is 5.62. The van der Waals surface area contributed by atoms with Gasteiger partial charge in [-0.2, -0.15) is 0 Å². The number of carbonyl (C=O) groups excluding carboxylic acids is 1. The van der Waals surface area contributed by atoms with Crippen molar-refractivity contribution in [1.82, 2.24) is 9.88 Å². The summed E-state index contributed by atoms with van der Waals surface area (Å²) in [6.07, 6.45) is 2.05. The first-order chi connectivity index (χ1) is 15.7. The van der Waals surface area contributed by atoms with Crippen molar-refractivity contribution in [1.29, 1.82) is 0 Å². The van der Waals surface area contributed by atoms with Gasteiger partial charge < -0.3 is 15.2 Å². The van der Waals surface area contributed by atoms with Crippen LogP contribution in [0.3, 0.4) is 0 Å². The topological polar surface area (TPSA) is 48.1 Å². The molecule has 1 aliphatic heterocycles. The summed E-state index contributed by atoms with van der Waals surface area (Å²) >= 11 is 0. The summed E-state index contributed by atoms with van der Waals surface area (Å²) < 4.78 is 13.4. The predicted molar refractivity (Wildman–Crippen MR) is 127 cm³/mol. The Morgan fingerprint density at radius 2 is 1.75 bits per heavy atom. The zero-order valence-electron chi connectivity index (χ0n) is 17.9. The lowest BCUT2D eigenvalue weighted by molar-refractivity contribution is -0.130. The number of nitrogens with zero attached hydrogens (tertiary/aromatic N) is 1. The number of H-pyrrole nitrogens is 1. The molecule has 4 nitrogen and oxygen atoms in total. The standard InChI is InChI=1S/C27H26FN3O/c28-20-12-10-19(11-13-20)27-24(23-8-4-5-9-25(23)30-27)14-15-26(32)31-17-16-22(18-31)29-21-6-2-1-3-7-21/h1-13,22,29-30H,14-18H2. The lowest BCUT2D eigenvalue weighted by Gasteiger charge is -2.18. The van der Waals surface area contributed by atoms with Gasteiger partial charge in [-0.25, -0.2) is 4.39 Å². The van der Waals surface area contributed by atoms with Crippen LogP contribution in [0.2, 0.25) is 0 Å². The average molecular weight is 428 g/mol. The highest BCUT2D eigenvalue weighted by Crippen LogP contribution is 2.31. The Morgan fingerprint density at radius 3 is 2.56 bits per heavy atom. The number of carbonyl (C=O) groups is 1. The van der Waals surface area contributed by atoms with Gasteiger partial charge in [0.05, 0.1) is 0 Å². The number of fused-ring (bicyclic) bond motifs is 1. The van der Waals surface area contributed by atoms with Crippen LogP contribution >= 0.6 is 0 Å². The molecule has 0 aliphatic carbocycles. The SMILES string of the molecule is O=C(CCc1c(-c2ccc(F)cc2)[nH]c2ccccc12)N1CCC(Nc2ccccc2)C1. The average Bonchev–Trinajstić information content (AvgIpc) is 3.43. The molecule has 2 N–H and O–H groups in total. The summed E-state index contributed by atoms with van der Waals surface area (Å²) in [4.78, 5) is 18.4. The van der Waals surface area contributed by atoms with Crippen LogP contribution < -0.4 is 5.32 Å². The van der Waals surface area contributed by atoms with Gasteiger partial charge in [-0.3, -0.25) is 4.79 Å². The maximum Gasteiger partial charge on any atom is 0.222 e. The van der Waals surface area contributed by atoms with Crippen LogP contribution in [0, 0.1) is 5.82 Å². The van der Waals surface area contributed by atoms with Gasteiger partial charge in [-0.15, -0.1) is 0 Å². The summed E-state index contributed by atoms with van der Waals surface area (Å²) in [7, 11) is 0. The fourth-order valence-corrected chi connectivity index (χ4v) is 4.59. The second-order valence-electron chi connectivity index (χ2n) is 8.37. The number of amides is 1. The highest BCUT2D eigenvalue weighted by molar-refractivity contribution is 5.91. The van der Waals surface area contributed by atoms with Gasteiger partial charge in [0.2, 0.25) is 5.91 Å². The molecule has 0 saturated carbocycles. The van der Waals surface area contributed by atoms with Gasteiger partial charge in [0.15, 0.2) is 0 Å². The molecule has 1 unspecified atom stereocenters. The van der Waals surface area contributed by atoms with Crippen LogP contribution in [0.1, 0.15) is 18.4 Å². The third-order valence-corrected chi connectivity index (χ3v) is 6.22. The normalized spacial score (nSPS) is 15.9. The number of aromatic nitrogens is 1. The molecule has 0 spiro atoms. The number of hydrogen-bond donors (Lipinski definition) is 2. The lowest BCUT2D eigenvalue weighted by Crippen LogP contribution is -2.31. The molecule has 162 valence electrons. The Labute approximate surface area is 187 Å². The number of likely N-dealkylation sites (tertiary alicyclic amines) is 1. The monoisotopic (exact) mass is 427 g/mol. The first-order valence-electron chi connectivity index (χ1n) is 11.1. The molecule has 1 atom stereocenters. The minimum Gasteiger partial charge on any atom is -0.380 e. The third-order valence-electron chi connectivity index (χ3n) is 6.22.